The first-order valence-corrected chi connectivity index (χ1v) is 13.0. The van der Waals surface area contributed by atoms with E-state index >= 15 is 0 Å². The molecule has 0 unspecified atom stereocenters. The van der Waals surface area contributed by atoms with Gasteiger partial charge in [-0.2, -0.15) is 0 Å². The molecule has 5 aromatic rings. The second-order valence-electron chi connectivity index (χ2n) is 8.11. The molecular formula is C32H27O2P. The van der Waals surface area contributed by atoms with Crippen LogP contribution in [-0.2, 0) is 0 Å². The van der Waals surface area contributed by atoms with Gasteiger partial charge in [0.25, 0.3) is 0 Å². The SMILES string of the molecule is COc1ccccc1-c1cccc(OC)c1-c1ccccc1P(c1ccccc1)c1ccccc1. The summed E-state index contributed by atoms with van der Waals surface area (Å²) in [5, 5.41) is 3.92. The second kappa shape index (κ2) is 10.6. The molecule has 0 bridgehead atoms. The summed E-state index contributed by atoms with van der Waals surface area (Å²) in [6.07, 6.45) is 0. The molecule has 0 aliphatic heterocycles. The summed E-state index contributed by atoms with van der Waals surface area (Å²) in [7, 11) is 2.67. The van der Waals surface area contributed by atoms with E-state index in [1.807, 2.05) is 30.3 Å². The standard InChI is InChI=1S/C32H27O2P/c1-33-29-21-11-9-18-26(29)27-20-13-22-30(34-2)32(27)28-19-10-12-23-31(28)35(24-14-5-3-6-15-24)25-16-7-4-8-17-25/h3-23H,1-2H3. The van der Waals surface area contributed by atoms with Crippen molar-refractivity contribution in [1.29, 1.82) is 0 Å². The molecule has 5 aromatic carbocycles. The Balaban J connectivity index is 1.80. The zero-order valence-corrected chi connectivity index (χ0v) is 20.8. The van der Waals surface area contributed by atoms with Crippen LogP contribution in [0.1, 0.15) is 0 Å². The van der Waals surface area contributed by atoms with Crippen LogP contribution in [0.3, 0.4) is 0 Å². The van der Waals surface area contributed by atoms with E-state index < -0.39 is 7.92 Å². The van der Waals surface area contributed by atoms with Crippen molar-refractivity contribution < 1.29 is 9.47 Å². The molecular weight excluding hydrogens is 447 g/mol. The van der Waals surface area contributed by atoms with Crippen molar-refractivity contribution in [1.82, 2.24) is 0 Å². The van der Waals surface area contributed by atoms with Gasteiger partial charge in [-0.1, -0.05) is 115 Å². The zero-order valence-electron chi connectivity index (χ0n) is 19.9. The summed E-state index contributed by atoms with van der Waals surface area (Å²) in [5.74, 6) is 1.68. The molecule has 0 saturated heterocycles. The predicted octanol–water partition coefficient (Wildman–Crippen LogP) is 6.80. The van der Waals surface area contributed by atoms with Gasteiger partial charge < -0.3 is 9.47 Å². The van der Waals surface area contributed by atoms with Crippen LogP contribution in [0.25, 0.3) is 22.3 Å². The summed E-state index contributed by atoms with van der Waals surface area (Å²) in [5.41, 5.74) is 4.38. The van der Waals surface area contributed by atoms with Crippen LogP contribution in [-0.4, -0.2) is 14.2 Å². The maximum Gasteiger partial charge on any atom is 0.127 e. The summed E-state index contributed by atoms with van der Waals surface area (Å²) in [4.78, 5) is 0. The van der Waals surface area contributed by atoms with Crippen LogP contribution in [0, 0.1) is 0 Å². The van der Waals surface area contributed by atoms with E-state index in [0.717, 1.165) is 28.2 Å². The lowest BCUT2D eigenvalue weighted by atomic mass is 9.93. The van der Waals surface area contributed by atoms with Crippen molar-refractivity contribution in [3.63, 3.8) is 0 Å². The molecule has 0 N–H and O–H groups in total. The Kier molecular flexibility index (Phi) is 6.93. The average Bonchev–Trinajstić information content (AvgIpc) is 2.94. The van der Waals surface area contributed by atoms with Crippen molar-refractivity contribution in [2.24, 2.45) is 0 Å². The van der Waals surface area contributed by atoms with Gasteiger partial charge in [0, 0.05) is 11.1 Å². The van der Waals surface area contributed by atoms with Crippen LogP contribution in [0.4, 0.5) is 0 Å². The van der Waals surface area contributed by atoms with Crippen molar-refractivity contribution in [2.45, 2.75) is 0 Å². The van der Waals surface area contributed by atoms with Crippen molar-refractivity contribution in [3.05, 3.63) is 127 Å². The van der Waals surface area contributed by atoms with E-state index in [9.17, 15) is 0 Å². The smallest absolute Gasteiger partial charge is 0.127 e. The molecule has 172 valence electrons. The topological polar surface area (TPSA) is 18.5 Å². The third-order valence-corrected chi connectivity index (χ3v) is 8.59. The van der Waals surface area contributed by atoms with E-state index in [2.05, 4.69) is 97.1 Å². The van der Waals surface area contributed by atoms with E-state index in [1.165, 1.54) is 21.5 Å². The highest BCUT2D eigenvalue weighted by molar-refractivity contribution is 7.80. The van der Waals surface area contributed by atoms with Gasteiger partial charge in [0.15, 0.2) is 0 Å². The minimum atomic E-state index is -0.787. The Bertz CT molecular complexity index is 1370. The monoisotopic (exact) mass is 474 g/mol. The first kappa shape index (κ1) is 22.9. The number of hydrogen-bond donors (Lipinski definition) is 0. The highest BCUT2D eigenvalue weighted by Gasteiger charge is 2.24. The highest BCUT2D eigenvalue weighted by atomic mass is 31.1. The molecule has 0 fully saturated rings. The Morgan fingerprint density at radius 2 is 0.914 bits per heavy atom. The Morgan fingerprint density at radius 1 is 0.429 bits per heavy atom. The van der Waals surface area contributed by atoms with Gasteiger partial charge in [0.1, 0.15) is 11.5 Å². The fourth-order valence-corrected chi connectivity index (χ4v) is 6.99. The van der Waals surface area contributed by atoms with E-state index in [1.54, 1.807) is 14.2 Å². The molecule has 0 radical (unpaired) electrons. The lowest BCUT2D eigenvalue weighted by molar-refractivity contribution is 0.415. The molecule has 0 aliphatic rings. The van der Waals surface area contributed by atoms with E-state index in [-0.39, 0.29) is 0 Å². The van der Waals surface area contributed by atoms with E-state index in [0.29, 0.717) is 0 Å². The number of rotatable bonds is 7. The summed E-state index contributed by atoms with van der Waals surface area (Å²) >= 11 is 0. The fraction of sp³-hybridized carbons (Fsp3) is 0.0625. The number of hydrogen-bond acceptors (Lipinski definition) is 2. The predicted molar refractivity (Wildman–Crippen MR) is 149 cm³/mol. The minimum Gasteiger partial charge on any atom is -0.496 e. The molecule has 3 heteroatoms. The van der Waals surface area contributed by atoms with Gasteiger partial charge >= 0.3 is 0 Å². The number of methoxy groups -OCH3 is 2. The quantitative estimate of drug-likeness (QED) is 0.242. The molecule has 0 atom stereocenters. The molecule has 0 heterocycles. The normalized spacial score (nSPS) is 10.8. The van der Waals surface area contributed by atoms with Crippen LogP contribution >= 0.6 is 7.92 Å². The lowest BCUT2D eigenvalue weighted by Crippen LogP contribution is -2.22. The van der Waals surface area contributed by atoms with Crippen molar-refractivity contribution in [3.8, 4) is 33.8 Å². The maximum atomic E-state index is 5.95. The number of para-hydroxylation sites is 1. The second-order valence-corrected chi connectivity index (χ2v) is 10.3. The molecule has 2 nitrogen and oxygen atoms in total. The Labute approximate surface area is 208 Å². The summed E-state index contributed by atoms with van der Waals surface area (Å²) in [6, 6.07) is 44.7. The lowest BCUT2D eigenvalue weighted by Gasteiger charge is -2.24. The van der Waals surface area contributed by atoms with Crippen LogP contribution < -0.4 is 25.4 Å². The fourth-order valence-electron chi connectivity index (χ4n) is 4.53. The number of benzene rings is 5. The van der Waals surface area contributed by atoms with Gasteiger partial charge in [-0.3, -0.25) is 0 Å². The zero-order chi connectivity index (χ0) is 24.0. The summed E-state index contributed by atoms with van der Waals surface area (Å²) < 4.78 is 11.7. The minimum absolute atomic E-state index is 0.787. The van der Waals surface area contributed by atoms with Crippen molar-refractivity contribution >= 4 is 23.8 Å². The third kappa shape index (κ3) is 4.58. The molecule has 0 amide bonds. The molecule has 0 spiro atoms. The Morgan fingerprint density at radius 3 is 1.54 bits per heavy atom. The number of ether oxygens (including phenoxy) is 2. The molecule has 0 aromatic heterocycles. The van der Waals surface area contributed by atoms with Gasteiger partial charge in [0.2, 0.25) is 0 Å². The summed E-state index contributed by atoms with van der Waals surface area (Å²) in [6.45, 7) is 0. The Hall–Kier alpha value is -3.87. The molecule has 5 rings (SSSR count). The van der Waals surface area contributed by atoms with Crippen LogP contribution in [0.5, 0.6) is 11.5 Å². The van der Waals surface area contributed by atoms with Gasteiger partial charge in [-0.05, 0) is 47.1 Å². The highest BCUT2D eigenvalue weighted by Crippen LogP contribution is 2.45. The third-order valence-electron chi connectivity index (χ3n) is 6.09. The van der Waals surface area contributed by atoms with Gasteiger partial charge in [-0.25, -0.2) is 0 Å². The van der Waals surface area contributed by atoms with Crippen LogP contribution in [0.2, 0.25) is 0 Å². The first-order chi connectivity index (χ1) is 17.3. The van der Waals surface area contributed by atoms with Gasteiger partial charge in [-0.15, -0.1) is 0 Å². The van der Waals surface area contributed by atoms with Crippen LogP contribution in [0.15, 0.2) is 127 Å². The van der Waals surface area contributed by atoms with Gasteiger partial charge in [0.05, 0.1) is 14.2 Å². The van der Waals surface area contributed by atoms with E-state index in [4.69, 9.17) is 9.47 Å². The average molecular weight is 475 g/mol. The molecule has 35 heavy (non-hydrogen) atoms. The first-order valence-electron chi connectivity index (χ1n) is 11.6. The van der Waals surface area contributed by atoms with Crippen molar-refractivity contribution in [2.75, 3.05) is 14.2 Å². The maximum absolute atomic E-state index is 5.95. The largest absolute Gasteiger partial charge is 0.496 e. The molecule has 0 aliphatic carbocycles. The molecule has 0 saturated carbocycles.